The van der Waals surface area contributed by atoms with E-state index in [1.165, 1.54) is 18.6 Å². The second-order valence-corrected chi connectivity index (χ2v) is 3.30. The lowest BCUT2D eigenvalue weighted by atomic mass is 10.0. The molecule has 16 heavy (non-hydrogen) atoms. The van der Waals surface area contributed by atoms with Crippen molar-refractivity contribution >= 4 is 5.91 Å². The van der Waals surface area contributed by atoms with Gasteiger partial charge in [-0.2, -0.15) is 0 Å². The van der Waals surface area contributed by atoms with E-state index < -0.39 is 31.3 Å². The lowest BCUT2D eigenvalue weighted by Gasteiger charge is -2.28. The highest BCUT2D eigenvalue weighted by Gasteiger charge is 2.30. The van der Waals surface area contributed by atoms with Crippen LogP contribution < -0.4 is 5.32 Å². The predicted octanol–water partition coefficient (Wildman–Crippen LogP) is -2.08. The lowest BCUT2D eigenvalue weighted by molar-refractivity contribution is 0.0373. The molecule has 0 radical (unpaired) electrons. The van der Waals surface area contributed by atoms with E-state index in [1.807, 2.05) is 0 Å². The summed E-state index contributed by atoms with van der Waals surface area (Å²) in [5.41, 5.74) is -1.41. The summed E-state index contributed by atoms with van der Waals surface area (Å²) in [6, 6.07) is 0. The number of nitrogens with one attached hydrogen (secondary N) is 1. The van der Waals surface area contributed by atoms with Crippen molar-refractivity contribution in [3.8, 4) is 0 Å². The van der Waals surface area contributed by atoms with Crippen LogP contribution in [0, 0.1) is 0 Å². The number of hydrogen-bond acceptors (Lipinski definition) is 6. The molecule has 7 heteroatoms. The maximum absolute atomic E-state index is 11.6. The fourth-order valence-corrected chi connectivity index (χ4v) is 0.990. The summed E-state index contributed by atoms with van der Waals surface area (Å²) in [6.07, 6.45) is 3.99. The van der Waals surface area contributed by atoms with Crippen molar-refractivity contribution in [3.05, 3.63) is 24.3 Å². The molecule has 0 aliphatic rings. The van der Waals surface area contributed by atoms with Crippen LogP contribution in [0.25, 0.3) is 0 Å². The van der Waals surface area contributed by atoms with Crippen molar-refractivity contribution in [2.24, 2.45) is 0 Å². The van der Waals surface area contributed by atoms with Gasteiger partial charge in [0.1, 0.15) is 11.2 Å². The molecule has 1 amide bonds. The quantitative estimate of drug-likeness (QED) is 0.459. The van der Waals surface area contributed by atoms with Crippen LogP contribution in [-0.4, -0.2) is 56.6 Å². The molecule has 7 nitrogen and oxygen atoms in total. The summed E-state index contributed by atoms with van der Waals surface area (Å²) in [4.78, 5) is 19.0. The number of aliphatic hydroxyl groups excluding tert-OH is 3. The van der Waals surface area contributed by atoms with Crippen molar-refractivity contribution in [2.75, 3.05) is 19.8 Å². The van der Waals surface area contributed by atoms with Gasteiger partial charge < -0.3 is 20.6 Å². The summed E-state index contributed by atoms with van der Waals surface area (Å²) < 4.78 is 0. The summed E-state index contributed by atoms with van der Waals surface area (Å²) in [5, 5.41) is 29.3. The Hall–Kier alpha value is -1.57. The zero-order chi connectivity index (χ0) is 12.0. The molecule has 0 aliphatic carbocycles. The molecule has 0 saturated heterocycles. The molecule has 1 aromatic rings. The molecule has 0 bridgehead atoms. The zero-order valence-electron chi connectivity index (χ0n) is 8.50. The van der Waals surface area contributed by atoms with Gasteiger partial charge in [-0.1, -0.05) is 0 Å². The van der Waals surface area contributed by atoms with Crippen molar-refractivity contribution in [3.63, 3.8) is 0 Å². The fourth-order valence-electron chi connectivity index (χ4n) is 0.990. The third kappa shape index (κ3) is 2.72. The first-order chi connectivity index (χ1) is 7.67. The van der Waals surface area contributed by atoms with Gasteiger partial charge in [0.2, 0.25) is 0 Å². The molecule has 1 rings (SSSR count). The standard InChI is InChI=1S/C9H13N3O4/c13-4-9(5-14,6-15)12-8(16)7-3-10-1-2-11-7/h1-3,13-15H,4-6H2,(H,12,16). The van der Waals surface area contributed by atoms with Gasteiger partial charge >= 0.3 is 0 Å². The average Bonchev–Trinajstić information content (AvgIpc) is 2.37. The predicted molar refractivity (Wildman–Crippen MR) is 53.5 cm³/mol. The second-order valence-electron chi connectivity index (χ2n) is 3.30. The maximum atomic E-state index is 11.6. The lowest BCUT2D eigenvalue weighted by Crippen LogP contribution is -2.57. The largest absolute Gasteiger partial charge is 0.394 e. The second kappa shape index (κ2) is 5.50. The molecule has 1 aromatic heterocycles. The van der Waals surface area contributed by atoms with Gasteiger partial charge in [-0.15, -0.1) is 0 Å². The first-order valence-corrected chi connectivity index (χ1v) is 4.58. The summed E-state index contributed by atoms with van der Waals surface area (Å²) in [6.45, 7) is -1.73. The minimum atomic E-state index is -1.45. The first-order valence-electron chi connectivity index (χ1n) is 4.58. The van der Waals surface area contributed by atoms with Gasteiger partial charge in [0.25, 0.3) is 5.91 Å². The molecular weight excluding hydrogens is 214 g/mol. The van der Waals surface area contributed by atoms with E-state index in [2.05, 4.69) is 15.3 Å². The Kier molecular flexibility index (Phi) is 4.29. The Balaban J connectivity index is 2.77. The summed E-state index contributed by atoms with van der Waals surface area (Å²) >= 11 is 0. The van der Waals surface area contributed by atoms with E-state index in [0.29, 0.717) is 0 Å². The van der Waals surface area contributed by atoms with E-state index >= 15 is 0 Å². The molecule has 0 aliphatic heterocycles. The minimum Gasteiger partial charge on any atom is -0.394 e. The zero-order valence-corrected chi connectivity index (χ0v) is 8.50. The third-order valence-corrected chi connectivity index (χ3v) is 2.08. The highest BCUT2D eigenvalue weighted by Crippen LogP contribution is 2.03. The van der Waals surface area contributed by atoms with Crippen LogP contribution in [0.4, 0.5) is 0 Å². The van der Waals surface area contributed by atoms with Crippen LogP contribution in [0.1, 0.15) is 10.5 Å². The van der Waals surface area contributed by atoms with Gasteiger partial charge in [0.15, 0.2) is 0 Å². The molecule has 0 saturated carbocycles. The Morgan fingerprint density at radius 1 is 1.25 bits per heavy atom. The van der Waals surface area contributed by atoms with Crippen molar-refractivity contribution < 1.29 is 20.1 Å². The molecular formula is C9H13N3O4. The summed E-state index contributed by atoms with van der Waals surface area (Å²) in [7, 11) is 0. The summed E-state index contributed by atoms with van der Waals surface area (Å²) in [5.74, 6) is -0.620. The van der Waals surface area contributed by atoms with Crippen molar-refractivity contribution in [1.29, 1.82) is 0 Å². The number of amides is 1. The monoisotopic (exact) mass is 227 g/mol. The van der Waals surface area contributed by atoms with Gasteiger partial charge in [0, 0.05) is 12.4 Å². The molecule has 4 N–H and O–H groups in total. The Morgan fingerprint density at radius 2 is 1.88 bits per heavy atom. The van der Waals surface area contributed by atoms with E-state index in [1.54, 1.807) is 0 Å². The molecule has 88 valence electrons. The molecule has 0 aromatic carbocycles. The highest BCUT2D eigenvalue weighted by atomic mass is 16.3. The van der Waals surface area contributed by atoms with E-state index in [0.717, 1.165) is 0 Å². The molecule has 0 fully saturated rings. The minimum absolute atomic E-state index is 0.0437. The van der Waals surface area contributed by atoms with Crippen LogP contribution in [0.2, 0.25) is 0 Å². The Bertz CT molecular complexity index is 332. The number of nitrogens with zero attached hydrogens (tertiary/aromatic N) is 2. The SMILES string of the molecule is O=C(NC(CO)(CO)CO)c1cnccn1. The van der Waals surface area contributed by atoms with Crippen LogP contribution in [-0.2, 0) is 0 Å². The van der Waals surface area contributed by atoms with Crippen LogP contribution >= 0.6 is 0 Å². The number of carbonyl (C=O) groups excluding carboxylic acids is 1. The van der Waals surface area contributed by atoms with Crippen LogP contribution in [0.3, 0.4) is 0 Å². The van der Waals surface area contributed by atoms with Gasteiger partial charge in [-0.3, -0.25) is 9.78 Å². The molecule has 1 heterocycles. The van der Waals surface area contributed by atoms with Crippen LogP contribution in [0.5, 0.6) is 0 Å². The third-order valence-electron chi connectivity index (χ3n) is 2.08. The van der Waals surface area contributed by atoms with Gasteiger partial charge in [-0.05, 0) is 0 Å². The smallest absolute Gasteiger partial charge is 0.272 e. The first kappa shape index (κ1) is 12.5. The Morgan fingerprint density at radius 3 is 2.31 bits per heavy atom. The highest BCUT2D eigenvalue weighted by molar-refractivity contribution is 5.92. The van der Waals surface area contributed by atoms with E-state index in [-0.39, 0.29) is 5.69 Å². The van der Waals surface area contributed by atoms with Crippen molar-refractivity contribution in [2.45, 2.75) is 5.54 Å². The van der Waals surface area contributed by atoms with E-state index in [4.69, 9.17) is 15.3 Å². The normalized spacial score (nSPS) is 11.2. The molecule has 0 spiro atoms. The van der Waals surface area contributed by atoms with Crippen LogP contribution in [0.15, 0.2) is 18.6 Å². The van der Waals surface area contributed by atoms with Crippen molar-refractivity contribution in [1.82, 2.24) is 15.3 Å². The topological polar surface area (TPSA) is 116 Å². The molecule has 0 unspecified atom stereocenters. The number of rotatable bonds is 5. The Labute approximate surface area is 91.8 Å². The van der Waals surface area contributed by atoms with Gasteiger partial charge in [0.05, 0.1) is 26.0 Å². The molecule has 0 atom stereocenters. The fraction of sp³-hybridized carbons (Fsp3) is 0.444. The number of aromatic nitrogens is 2. The average molecular weight is 227 g/mol. The number of aliphatic hydroxyl groups is 3. The number of carbonyl (C=O) groups is 1. The maximum Gasteiger partial charge on any atom is 0.272 e. The van der Waals surface area contributed by atoms with Gasteiger partial charge in [-0.25, -0.2) is 4.98 Å². The van der Waals surface area contributed by atoms with E-state index in [9.17, 15) is 4.79 Å². The number of hydrogen-bond donors (Lipinski definition) is 4.